The summed E-state index contributed by atoms with van der Waals surface area (Å²) in [5, 5.41) is 5.07. The van der Waals surface area contributed by atoms with Gasteiger partial charge in [-0.2, -0.15) is 0 Å². The van der Waals surface area contributed by atoms with Crippen molar-refractivity contribution in [2.45, 2.75) is 19.4 Å². The van der Waals surface area contributed by atoms with E-state index in [-0.39, 0.29) is 5.91 Å². The number of hydrogen-bond acceptors (Lipinski definition) is 4. The Morgan fingerprint density at radius 2 is 1.97 bits per heavy atom. The molecule has 0 saturated carbocycles. The number of nitrogens with one attached hydrogen (secondary N) is 2. The Kier molecular flexibility index (Phi) is 4.56. The summed E-state index contributed by atoms with van der Waals surface area (Å²) >= 11 is 6.04. The van der Waals surface area contributed by atoms with Crippen LogP contribution in [0.5, 0.6) is 0 Å². The van der Waals surface area contributed by atoms with Crippen molar-refractivity contribution >= 4 is 45.1 Å². The number of H-pyrrole nitrogens is 1. The number of pyridine rings is 1. The first-order chi connectivity index (χ1) is 14.2. The number of rotatable bonds is 4. The van der Waals surface area contributed by atoms with Crippen LogP contribution in [0.1, 0.15) is 29.0 Å². The molecule has 0 unspecified atom stereocenters. The van der Waals surface area contributed by atoms with Gasteiger partial charge in [-0.25, -0.2) is 4.98 Å². The minimum absolute atomic E-state index is 0.0884. The minimum atomic E-state index is 0.0884. The fourth-order valence-corrected chi connectivity index (χ4v) is 4.00. The lowest BCUT2D eigenvalue weighted by Gasteiger charge is -2.16. The monoisotopic (exact) mass is 405 g/mol. The second-order valence-electron chi connectivity index (χ2n) is 7.29. The molecule has 4 aromatic rings. The molecular formula is C22H20ClN5O. The van der Waals surface area contributed by atoms with Gasteiger partial charge in [0.05, 0.1) is 23.1 Å². The predicted molar refractivity (Wildman–Crippen MR) is 115 cm³/mol. The van der Waals surface area contributed by atoms with E-state index >= 15 is 0 Å². The van der Waals surface area contributed by atoms with Gasteiger partial charge in [-0.1, -0.05) is 11.6 Å². The number of likely N-dealkylation sites (tertiary alicyclic amines) is 1. The molecule has 146 valence electrons. The van der Waals surface area contributed by atoms with Gasteiger partial charge in [-0.15, -0.1) is 0 Å². The predicted octanol–water partition coefficient (Wildman–Crippen LogP) is 4.61. The van der Waals surface area contributed by atoms with Crippen molar-refractivity contribution < 1.29 is 4.79 Å². The second kappa shape index (κ2) is 7.37. The highest BCUT2D eigenvalue weighted by atomic mass is 35.5. The van der Waals surface area contributed by atoms with Gasteiger partial charge in [0, 0.05) is 40.9 Å². The molecular weight excluding hydrogens is 386 g/mol. The lowest BCUT2D eigenvalue weighted by Crippen LogP contribution is -2.27. The molecule has 29 heavy (non-hydrogen) atoms. The molecule has 2 aromatic heterocycles. The molecule has 0 radical (unpaired) electrons. The van der Waals surface area contributed by atoms with E-state index in [9.17, 15) is 4.79 Å². The van der Waals surface area contributed by atoms with E-state index in [2.05, 4.69) is 20.3 Å². The van der Waals surface area contributed by atoms with Crippen LogP contribution in [-0.2, 0) is 6.54 Å². The van der Waals surface area contributed by atoms with Crippen molar-refractivity contribution in [3.05, 3.63) is 65.1 Å². The number of carbonyl (C=O) groups excluding carboxylic acids is 1. The zero-order valence-electron chi connectivity index (χ0n) is 15.8. The third-order valence-electron chi connectivity index (χ3n) is 5.32. The third-order valence-corrected chi connectivity index (χ3v) is 5.56. The van der Waals surface area contributed by atoms with Gasteiger partial charge in [-0.3, -0.25) is 9.78 Å². The van der Waals surface area contributed by atoms with E-state index in [1.165, 1.54) is 0 Å². The number of benzene rings is 2. The molecule has 0 atom stereocenters. The van der Waals surface area contributed by atoms with Crippen molar-refractivity contribution in [2.24, 2.45) is 0 Å². The molecule has 1 aliphatic heterocycles. The standard InChI is InChI=1S/C22H20ClN5O/c23-15-4-6-18-20(12-15)27-21(26-18)13-25-17-7-8-24-19-11-14(3-5-16(17)19)22(29)28-9-1-2-10-28/h3-8,11-12H,1-2,9-10,13H2,(H,24,25)(H,26,27). The lowest BCUT2D eigenvalue weighted by atomic mass is 10.1. The van der Waals surface area contributed by atoms with Gasteiger partial charge in [0.2, 0.25) is 0 Å². The normalized spacial score (nSPS) is 14.0. The van der Waals surface area contributed by atoms with Crippen molar-refractivity contribution in [2.75, 3.05) is 18.4 Å². The van der Waals surface area contributed by atoms with Crippen LogP contribution in [0.4, 0.5) is 5.69 Å². The van der Waals surface area contributed by atoms with Gasteiger partial charge in [0.1, 0.15) is 5.82 Å². The minimum Gasteiger partial charge on any atom is -0.377 e. The Balaban J connectivity index is 1.38. The molecule has 1 fully saturated rings. The summed E-state index contributed by atoms with van der Waals surface area (Å²) in [6.07, 6.45) is 3.92. The first kappa shape index (κ1) is 17.9. The van der Waals surface area contributed by atoms with Crippen LogP contribution in [-0.4, -0.2) is 38.8 Å². The highest BCUT2D eigenvalue weighted by Crippen LogP contribution is 2.25. The van der Waals surface area contributed by atoms with Crippen LogP contribution in [0.3, 0.4) is 0 Å². The average molecular weight is 406 g/mol. The van der Waals surface area contributed by atoms with Crippen LogP contribution in [0.15, 0.2) is 48.7 Å². The quantitative estimate of drug-likeness (QED) is 0.519. The van der Waals surface area contributed by atoms with Gasteiger partial charge < -0.3 is 15.2 Å². The zero-order chi connectivity index (χ0) is 19.8. The number of amides is 1. The molecule has 1 amide bonds. The maximum atomic E-state index is 12.7. The zero-order valence-corrected chi connectivity index (χ0v) is 16.5. The summed E-state index contributed by atoms with van der Waals surface area (Å²) in [6.45, 7) is 2.23. The van der Waals surface area contributed by atoms with Crippen molar-refractivity contribution in [3.63, 3.8) is 0 Å². The average Bonchev–Trinajstić information content (AvgIpc) is 3.40. The SMILES string of the molecule is O=C(c1ccc2c(NCc3nc4cc(Cl)ccc4[nH]3)ccnc2c1)N1CCCC1. The number of carbonyl (C=O) groups is 1. The number of halogens is 1. The number of anilines is 1. The Labute approximate surface area is 172 Å². The van der Waals surface area contributed by atoms with Gasteiger partial charge in [0.15, 0.2) is 0 Å². The summed E-state index contributed by atoms with van der Waals surface area (Å²) in [5.41, 5.74) is 4.25. The Bertz CT molecular complexity index is 1210. The summed E-state index contributed by atoms with van der Waals surface area (Å²) in [4.78, 5) is 26.9. The Hall–Kier alpha value is -3.12. The molecule has 7 heteroatoms. The molecule has 1 saturated heterocycles. The van der Waals surface area contributed by atoms with E-state index < -0.39 is 0 Å². The fraction of sp³-hybridized carbons (Fsp3) is 0.227. The maximum absolute atomic E-state index is 12.7. The number of nitrogens with zero attached hydrogens (tertiary/aromatic N) is 3. The molecule has 3 heterocycles. The number of fused-ring (bicyclic) bond motifs is 2. The number of aromatic nitrogens is 3. The summed E-state index contributed by atoms with van der Waals surface area (Å²) in [7, 11) is 0. The van der Waals surface area contributed by atoms with E-state index in [0.717, 1.165) is 59.4 Å². The van der Waals surface area contributed by atoms with Crippen LogP contribution < -0.4 is 5.32 Å². The topological polar surface area (TPSA) is 73.9 Å². The molecule has 6 nitrogen and oxygen atoms in total. The van der Waals surface area contributed by atoms with E-state index in [1.807, 2.05) is 47.4 Å². The summed E-state index contributed by atoms with van der Waals surface area (Å²) in [5.74, 6) is 0.915. The molecule has 2 aromatic carbocycles. The first-order valence-electron chi connectivity index (χ1n) is 9.73. The van der Waals surface area contributed by atoms with E-state index in [4.69, 9.17) is 11.6 Å². The fourth-order valence-electron chi connectivity index (χ4n) is 3.83. The summed E-state index contributed by atoms with van der Waals surface area (Å²) in [6, 6.07) is 13.3. The summed E-state index contributed by atoms with van der Waals surface area (Å²) < 4.78 is 0. The smallest absolute Gasteiger partial charge is 0.253 e. The van der Waals surface area contributed by atoms with Gasteiger partial charge in [0.25, 0.3) is 5.91 Å². The largest absolute Gasteiger partial charge is 0.377 e. The first-order valence-corrected chi connectivity index (χ1v) is 10.1. The molecule has 0 aliphatic carbocycles. The van der Waals surface area contributed by atoms with Gasteiger partial charge >= 0.3 is 0 Å². The third kappa shape index (κ3) is 3.51. The number of imidazole rings is 1. The molecule has 5 rings (SSSR count). The lowest BCUT2D eigenvalue weighted by molar-refractivity contribution is 0.0793. The van der Waals surface area contributed by atoms with Crippen LogP contribution in [0, 0.1) is 0 Å². The van der Waals surface area contributed by atoms with Crippen LogP contribution >= 0.6 is 11.6 Å². The van der Waals surface area contributed by atoms with Crippen LogP contribution in [0.25, 0.3) is 21.9 Å². The van der Waals surface area contributed by atoms with Crippen molar-refractivity contribution in [1.82, 2.24) is 19.9 Å². The van der Waals surface area contributed by atoms with Gasteiger partial charge in [-0.05, 0) is 55.3 Å². The molecule has 0 bridgehead atoms. The second-order valence-corrected chi connectivity index (χ2v) is 7.72. The Morgan fingerprint density at radius 3 is 2.83 bits per heavy atom. The highest BCUT2D eigenvalue weighted by Gasteiger charge is 2.20. The molecule has 2 N–H and O–H groups in total. The number of aromatic amines is 1. The van der Waals surface area contributed by atoms with Crippen LogP contribution in [0.2, 0.25) is 5.02 Å². The van der Waals surface area contributed by atoms with E-state index in [0.29, 0.717) is 17.1 Å². The van der Waals surface area contributed by atoms with Crippen molar-refractivity contribution in [1.29, 1.82) is 0 Å². The Morgan fingerprint density at radius 1 is 1.10 bits per heavy atom. The number of hydrogen-bond donors (Lipinski definition) is 2. The van der Waals surface area contributed by atoms with E-state index in [1.54, 1.807) is 6.20 Å². The molecule has 1 aliphatic rings. The van der Waals surface area contributed by atoms with Crippen molar-refractivity contribution in [3.8, 4) is 0 Å². The highest BCUT2D eigenvalue weighted by molar-refractivity contribution is 6.31. The molecule has 0 spiro atoms. The maximum Gasteiger partial charge on any atom is 0.253 e.